The molecule has 0 aromatic rings. The van der Waals surface area contributed by atoms with Crippen LogP contribution in [0.25, 0.3) is 0 Å². The molecular formula is C9H20N2O2S. The fourth-order valence-electron chi connectivity index (χ4n) is 1.69. The van der Waals surface area contributed by atoms with Crippen LogP contribution < -0.4 is 5.73 Å². The molecule has 0 bridgehead atoms. The third-order valence-electron chi connectivity index (χ3n) is 2.90. The summed E-state index contributed by atoms with van der Waals surface area (Å²) in [6, 6.07) is 0.208. The number of rotatable bonds is 4. The van der Waals surface area contributed by atoms with E-state index < -0.39 is 9.84 Å². The van der Waals surface area contributed by atoms with Crippen molar-refractivity contribution in [3.63, 3.8) is 0 Å². The van der Waals surface area contributed by atoms with E-state index in [1.165, 1.54) is 0 Å². The maximum absolute atomic E-state index is 11.3. The van der Waals surface area contributed by atoms with Crippen LogP contribution in [0.2, 0.25) is 0 Å². The van der Waals surface area contributed by atoms with Gasteiger partial charge in [0.05, 0.1) is 5.75 Å². The molecule has 5 heteroatoms. The topological polar surface area (TPSA) is 63.4 Å². The lowest BCUT2D eigenvalue weighted by Gasteiger charge is -2.14. The smallest absolute Gasteiger partial charge is 0.151 e. The number of hydrogen-bond acceptors (Lipinski definition) is 4. The predicted molar refractivity (Wildman–Crippen MR) is 57.9 cm³/mol. The Bertz CT molecular complexity index is 267. The normalized spacial score (nSPS) is 29.6. The molecule has 1 fully saturated rings. The molecule has 1 rings (SSSR count). The van der Waals surface area contributed by atoms with Crippen molar-refractivity contribution in [1.29, 1.82) is 0 Å². The van der Waals surface area contributed by atoms with E-state index in [2.05, 4.69) is 11.8 Å². The largest absolute Gasteiger partial charge is 0.326 e. The highest BCUT2D eigenvalue weighted by Gasteiger charge is 2.26. The molecule has 2 atom stereocenters. The Balaban J connectivity index is 2.34. The first kappa shape index (κ1) is 11.9. The van der Waals surface area contributed by atoms with Gasteiger partial charge in [-0.05, 0) is 5.92 Å². The van der Waals surface area contributed by atoms with E-state index in [0.29, 0.717) is 12.5 Å². The lowest BCUT2D eigenvalue weighted by Crippen LogP contribution is -2.31. The molecular weight excluding hydrogens is 200 g/mol. The molecule has 2 N–H and O–H groups in total. The molecule has 1 aliphatic heterocycles. The first-order chi connectivity index (χ1) is 6.44. The number of likely N-dealkylation sites (tertiary alicyclic amines) is 1. The molecule has 0 radical (unpaired) electrons. The summed E-state index contributed by atoms with van der Waals surface area (Å²) in [6.45, 7) is 6.20. The van der Waals surface area contributed by atoms with Gasteiger partial charge in [-0.25, -0.2) is 8.42 Å². The number of nitrogens with zero attached hydrogens (tertiary/aromatic N) is 1. The van der Waals surface area contributed by atoms with Crippen molar-refractivity contribution in [2.45, 2.75) is 19.9 Å². The summed E-state index contributed by atoms with van der Waals surface area (Å²) in [6.07, 6.45) is 0. The van der Waals surface area contributed by atoms with Gasteiger partial charge in [0.2, 0.25) is 0 Å². The molecule has 0 aliphatic carbocycles. The van der Waals surface area contributed by atoms with E-state index >= 15 is 0 Å². The minimum Gasteiger partial charge on any atom is -0.326 e. The summed E-state index contributed by atoms with van der Waals surface area (Å²) in [5.74, 6) is 0.991. The van der Waals surface area contributed by atoms with Crippen molar-refractivity contribution in [2.75, 3.05) is 31.1 Å². The second-order valence-electron chi connectivity index (χ2n) is 4.14. The quantitative estimate of drug-likeness (QED) is 0.706. The second kappa shape index (κ2) is 4.59. The molecule has 1 heterocycles. The van der Waals surface area contributed by atoms with E-state index in [4.69, 9.17) is 5.73 Å². The van der Waals surface area contributed by atoms with Crippen molar-refractivity contribution in [3.8, 4) is 0 Å². The lowest BCUT2D eigenvalue weighted by atomic mass is 10.1. The molecule has 0 aromatic heterocycles. The Morgan fingerprint density at radius 2 is 2.07 bits per heavy atom. The van der Waals surface area contributed by atoms with Crippen molar-refractivity contribution in [1.82, 2.24) is 4.90 Å². The zero-order chi connectivity index (χ0) is 10.8. The first-order valence-electron chi connectivity index (χ1n) is 5.13. The maximum atomic E-state index is 11.3. The van der Waals surface area contributed by atoms with Gasteiger partial charge in [0.15, 0.2) is 9.84 Å². The molecule has 1 saturated heterocycles. The SMILES string of the molecule is CCS(=O)(=O)CCN1CC(C)C(N)C1. The third-order valence-corrected chi connectivity index (χ3v) is 4.59. The maximum Gasteiger partial charge on any atom is 0.151 e. The average Bonchev–Trinajstić information content (AvgIpc) is 2.44. The van der Waals surface area contributed by atoms with Gasteiger partial charge < -0.3 is 10.6 Å². The van der Waals surface area contributed by atoms with Crippen LogP contribution in [0, 0.1) is 5.92 Å². The Hall–Kier alpha value is -0.130. The van der Waals surface area contributed by atoms with Gasteiger partial charge in [-0.1, -0.05) is 13.8 Å². The molecule has 0 aromatic carbocycles. The minimum atomic E-state index is -2.82. The summed E-state index contributed by atoms with van der Waals surface area (Å²) in [5, 5.41) is 0. The van der Waals surface area contributed by atoms with Gasteiger partial charge in [0.25, 0.3) is 0 Å². The van der Waals surface area contributed by atoms with Gasteiger partial charge in [-0.2, -0.15) is 0 Å². The Morgan fingerprint density at radius 3 is 2.50 bits per heavy atom. The third kappa shape index (κ3) is 3.22. The van der Waals surface area contributed by atoms with E-state index in [-0.39, 0.29) is 17.5 Å². The fourth-order valence-corrected chi connectivity index (χ4v) is 2.52. The van der Waals surface area contributed by atoms with Crippen molar-refractivity contribution >= 4 is 9.84 Å². The van der Waals surface area contributed by atoms with Crippen LogP contribution in [-0.2, 0) is 9.84 Å². The van der Waals surface area contributed by atoms with Crippen LogP contribution in [0.15, 0.2) is 0 Å². The van der Waals surface area contributed by atoms with Crippen LogP contribution >= 0.6 is 0 Å². The van der Waals surface area contributed by atoms with Gasteiger partial charge in [-0.3, -0.25) is 0 Å². The first-order valence-corrected chi connectivity index (χ1v) is 6.95. The molecule has 1 aliphatic rings. The molecule has 84 valence electrons. The van der Waals surface area contributed by atoms with E-state index in [1.54, 1.807) is 6.92 Å². The highest BCUT2D eigenvalue weighted by atomic mass is 32.2. The number of sulfone groups is 1. The molecule has 0 saturated carbocycles. The van der Waals surface area contributed by atoms with Crippen LogP contribution in [-0.4, -0.2) is 50.5 Å². The highest BCUT2D eigenvalue weighted by molar-refractivity contribution is 7.91. The zero-order valence-corrected chi connectivity index (χ0v) is 9.76. The van der Waals surface area contributed by atoms with Gasteiger partial charge in [-0.15, -0.1) is 0 Å². The molecule has 4 nitrogen and oxygen atoms in total. The molecule has 0 amide bonds. The molecule has 0 spiro atoms. The van der Waals surface area contributed by atoms with E-state index in [0.717, 1.165) is 13.1 Å². The minimum absolute atomic E-state index is 0.208. The van der Waals surface area contributed by atoms with Crippen molar-refractivity contribution < 1.29 is 8.42 Å². The Morgan fingerprint density at radius 1 is 1.43 bits per heavy atom. The summed E-state index contributed by atoms with van der Waals surface area (Å²) < 4.78 is 22.5. The van der Waals surface area contributed by atoms with Gasteiger partial charge >= 0.3 is 0 Å². The standard InChI is InChI=1S/C9H20N2O2S/c1-3-14(12,13)5-4-11-6-8(2)9(10)7-11/h8-9H,3-7,10H2,1-2H3. The summed E-state index contributed by atoms with van der Waals surface area (Å²) >= 11 is 0. The number of nitrogens with two attached hydrogens (primary N) is 1. The Kier molecular flexibility index (Phi) is 3.92. The molecule has 2 unspecified atom stereocenters. The summed E-state index contributed by atoms with van der Waals surface area (Å²) in [4.78, 5) is 2.14. The highest BCUT2D eigenvalue weighted by Crippen LogP contribution is 2.13. The predicted octanol–water partition coefficient (Wildman–Crippen LogP) is -0.300. The summed E-state index contributed by atoms with van der Waals surface area (Å²) in [5.41, 5.74) is 5.85. The van der Waals surface area contributed by atoms with Crippen LogP contribution in [0.5, 0.6) is 0 Å². The van der Waals surface area contributed by atoms with Crippen LogP contribution in [0.3, 0.4) is 0 Å². The molecule has 14 heavy (non-hydrogen) atoms. The fraction of sp³-hybridized carbons (Fsp3) is 1.00. The van der Waals surface area contributed by atoms with Crippen LogP contribution in [0.4, 0.5) is 0 Å². The Labute approximate surface area is 86.4 Å². The average molecular weight is 220 g/mol. The monoisotopic (exact) mass is 220 g/mol. The second-order valence-corrected chi connectivity index (χ2v) is 6.61. The van der Waals surface area contributed by atoms with E-state index in [9.17, 15) is 8.42 Å². The van der Waals surface area contributed by atoms with Crippen LogP contribution in [0.1, 0.15) is 13.8 Å². The van der Waals surface area contributed by atoms with E-state index in [1.807, 2.05) is 0 Å². The van der Waals surface area contributed by atoms with Crippen molar-refractivity contribution in [3.05, 3.63) is 0 Å². The number of hydrogen-bond donors (Lipinski definition) is 1. The lowest BCUT2D eigenvalue weighted by molar-refractivity contribution is 0.345. The van der Waals surface area contributed by atoms with Gasteiger partial charge in [0.1, 0.15) is 0 Å². The summed E-state index contributed by atoms with van der Waals surface area (Å²) in [7, 11) is -2.82. The zero-order valence-electron chi connectivity index (χ0n) is 8.94. The van der Waals surface area contributed by atoms with Crippen molar-refractivity contribution in [2.24, 2.45) is 11.7 Å². The van der Waals surface area contributed by atoms with Gasteiger partial charge in [0, 0.05) is 31.4 Å².